The molecule has 2 aromatic rings. The molecular formula is C22H27N3O2. The SMILES string of the molecule is C[C@@H]1CCCCN1Cc1ccccc1CNC(=O)c1cccc(C(N)=O)c1. The van der Waals surface area contributed by atoms with E-state index in [1.807, 2.05) is 12.1 Å². The standard InChI is InChI=1S/C22H27N3O2/c1-16-7-4-5-12-25(16)15-20-9-3-2-8-19(20)14-24-22(27)18-11-6-10-17(13-18)21(23)26/h2-3,6,8-11,13,16H,4-5,7,12,14-15H2,1H3,(H2,23,26)(H,24,27)/t16-/m1/s1. The van der Waals surface area contributed by atoms with Crippen LogP contribution in [0.15, 0.2) is 48.5 Å². The number of carbonyl (C=O) groups is 2. The molecule has 1 fully saturated rings. The van der Waals surface area contributed by atoms with E-state index >= 15 is 0 Å². The summed E-state index contributed by atoms with van der Waals surface area (Å²) in [5.74, 6) is -0.745. The lowest BCUT2D eigenvalue weighted by Crippen LogP contribution is -2.37. The first-order chi connectivity index (χ1) is 13.0. The Balaban J connectivity index is 1.66. The minimum absolute atomic E-state index is 0.209. The van der Waals surface area contributed by atoms with Gasteiger partial charge in [0.2, 0.25) is 5.91 Å². The van der Waals surface area contributed by atoms with E-state index < -0.39 is 5.91 Å². The molecular weight excluding hydrogens is 338 g/mol. The summed E-state index contributed by atoms with van der Waals surface area (Å²) in [7, 11) is 0. The average Bonchev–Trinajstić information content (AvgIpc) is 2.69. The molecule has 1 aliphatic heterocycles. The highest BCUT2D eigenvalue weighted by atomic mass is 16.2. The van der Waals surface area contributed by atoms with Gasteiger partial charge in [-0.25, -0.2) is 0 Å². The molecule has 3 N–H and O–H groups in total. The maximum atomic E-state index is 12.5. The summed E-state index contributed by atoms with van der Waals surface area (Å²) < 4.78 is 0. The number of amides is 2. The third-order valence-electron chi connectivity index (χ3n) is 5.28. The van der Waals surface area contributed by atoms with Gasteiger partial charge in [-0.15, -0.1) is 0 Å². The molecule has 0 aliphatic carbocycles. The minimum Gasteiger partial charge on any atom is -0.366 e. The van der Waals surface area contributed by atoms with Gasteiger partial charge < -0.3 is 11.1 Å². The maximum absolute atomic E-state index is 12.5. The zero-order chi connectivity index (χ0) is 19.2. The molecule has 1 heterocycles. The lowest BCUT2D eigenvalue weighted by Gasteiger charge is -2.33. The Hall–Kier alpha value is -2.66. The molecule has 0 aromatic heterocycles. The van der Waals surface area contributed by atoms with Crippen LogP contribution < -0.4 is 11.1 Å². The van der Waals surface area contributed by atoms with Crippen molar-refractivity contribution >= 4 is 11.8 Å². The third kappa shape index (κ3) is 4.95. The Kier molecular flexibility index (Phi) is 6.24. The summed E-state index contributed by atoms with van der Waals surface area (Å²) >= 11 is 0. The fourth-order valence-electron chi connectivity index (χ4n) is 3.59. The number of nitrogens with one attached hydrogen (secondary N) is 1. The van der Waals surface area contributed by atoms with Gasteiger partial charge in [0.1, 0.15) is 0 Å². The van der Waals surface area contributed by atoms with Crippen molar-refractivity contribution in [3.05, 3.63) is 70.8 Å². The van der Waals surface area contributed by atoms with Crippen molar-refractivity contribution in [1.82, 2.24) is 10.2 Å². The van der Waals surface area contributed by atoms with E-state index in [1.54, 1.807) is 18.2 Å². The van der Waals surface area contributed by atoms with E-state index in [2.05, 4.69) is 29.3 Å². The first-order valence-electron chi connectivity index (χ1n) is 9.53. The Morgan fingerprint density at radius 1 is 1.07 bits per heavy atom. The van der Waals surface area contributed by atoms with Crippen molar-refractivity contribution in [3.63, 3.8) is 0 Å². The fraction of sp³-hybridized carbons (Fsp3) is 0.364. The van der Waals surface area contributed by atoms with Crippen LogP contribution in [-0.2, 0) is 13.1 Å². The van der Waals surface area contributed by atoms with Crippen LogP contribution in [0.3, 0.4) is 0 Å². The maximum Gasteiger partial charge on any atom is 0.251 e. The first kappa shape index (κ1) is 19.1. The van der Waals surface area contributed by atoms with Gasteiger partial charge >= 0.3 is 0 Å². The molecule has 0 saturated carbocycles. The predicted molar refractivity (Wildman–Crippen MR) is 106 cm³/mol. The topological polar surface area (TPSA) is 75.4 Å². The molecule has 142 valence electrons. The summed E-state index contributed by atoms with van der Waals surface area (Å²) in [6.45, 7) is 4.78. The van der Waals surface area contributed by atoms with E-state index in [-0.39, 0.29) is 5.91 Å². The number of rotatable bonds is 6. The molecule has 5 nitrogen and oxygen atoms in total. The number of benzene rings is 2. The largest absolute Gasteiger partial charge is 0.366 e. The number of nitrogens with zero attached hydrogens (tertiary/aromatic N) is 1. The van der Waals surface area contributed by atoms with Crippen LogP contribution in [0, 0.1) is 0 Å². The number of primary amides is 1. The van der Waals surface area contributed by atoms with E-state index in [0.29, 0.717) is 23.7 Å². The molecule has 5 heteroatoms. The Labute approximate surface area is 160 Å². The molecule has 0 spiro atoms. The number of carbonyl (C=O) groups excluding carboxylic acids is 2. The molecule has 2 amide bonds. The number of likely N-dealkylation sites (tertiary alicyclic amines) is 1. The molecule has 1 aliphatic rings. The highest BCUT2D eigenvalue weighted by molar-refractivity contribution is 5.99. The molecule has 0 bridgehead atoms. The molecule has 1 saturated heterocycles. The van der Waals surface area contributed by atoms with Crippen molar-refractivity contribution in [3.8, 4) is 0 Å². The van der Waals surface area contributed by atoms with Crippen molar-refractivity contribution in [1.29, 1.82) is 0 Å². The number of nitrogens with two attached hydrogens (primary N) is 1. The number of piperidine rings is 1. The van der Waals surface area contributed by atoms with Gasteiger partial charge in [-0.2, -0.15) is 0 Å². The summed E-state index contributed by atoms with van der Waals surface area (Å²) in [6.07, 6.45) is 3.80. The molecule has 27 heavy (non-hydrogen) atoms. The van der Waals surface area contributed by atoms with Gasteiger partial charge in [0, 0.05) is 30.3 Å². The van der Waals surface area contributed by atoms with Crippen LogP contribution in [0.2, 0.25) is 0 Å². The molecule has 1 atom stereocenters. The lowest BCUT2D eigenvalue weighted by atomic mass is 10.0. The van der Waals surface area contributed by atoms with Crippen LogP contribution >= 0.6 is 0 Å². The second kappa shape index (κ2) is 8.82. The zero-order valence-electron chi connectivity index (χ0n) is 15.8. The van der Waals surface area contributed by atoms with E-state index in [4.69, 9.17) is 5.73 Å². The normalized spacial score (nSPS) is 17.4. The number of hydrogen-bond donors (Lipinski definition) is 2. The molecule has 0 unspecified atom stereocenters. The third-order valence-corrected chi connectivity index (χ3v) is 5.28. The monoisotopic (exact) mass is 365 g/mol. The summed E-state index contributed by atoms with van der Waals surface area (Å²) in [5, 5.41) is 2.96. The van der Waals surface area contributed by atoms with Crippen LogP contribution in [0.4, 0.5) is 0 Å². The van der Waals surface area contributed by atoms with Crippen LogP contribution in [-0.4, -0.2) is 29.3 Å². The molecule has 3 rings (SSSR count). The highest BCUT2D eigenvalue weighted by Gasteiger charge is 2.19. The van der Waals surface area contributed by atoms with Crippen LogP contribution in [0.1, 0.15) is 58.0 Å². The second-order valence-corrected chi connectivity index (χ2v) is 7.21. The molecule has 0 radical (unpaired) electrons. The van der Waals surface area contributed by atoms with Gasteiger partial charge in [-0.1, -0.05) is 36.8 Å². The fourth-order valence-corrected chi connectivity index (χ4v) is 3.59. The van der Waals surface area contributed by atoms with Crippen molar-refractivity contribution in [2.45, 2.75) is 45.3 Å². The summed E-state index contributed by atoms with van der Waals surface area (Å²) in [4.78, 5) is 26.3. The highest BCUT2D eigenvalue weighted by Crippen LogP contribution is 2.21. The Morgan fingerprint density at radius 3 is 2.56 bits per heavy atom. The minimum atomic E-state index is -0.536. The second-order valence-electron chi connectivity index (χ2n) is 7.21. The van der Waals surface area contributed by atoms with Gasteiger partial charge in [0.05, 0.1) is 0 Å². The van der Waals surface area contributed by atoms with Crippen LogP contribution in [0.5, 0.6) is 0 Å². The van der Waals surface area contributed by atoms with E-state index in [1.165, 1.54) is 30.9 Å². The zero-order valence-corrected chi connectivity index (χ0v) is 15.8. The van der Waals surface area contributed by atoms with Crippen molar-refractivity contribution < 1.29 is 9.59 Å². The number of hydrogen-bond acceptors (Lipinski definition) is 3. The van der Waals surface area contributed by atoms with Gasteiger partial charge in [-0.3, -0.25) is 14.5 Å². The van der Waals surface area contributed by atoms with Crippen molar-refractivity contribution in [2.75, 3.05) is 6.54 Å². The first-order valence-corrected chi connectivity index (χ1v) is 9.53. The summed E-state index contributed by atoms with van der Waals surface area (Å²) in [6, 6.07) is 15.3. The van der Waals surface area contributed by atoms with Crippen molar-refractivity contribution in [2.24, 2.45) is 5.73 Å². The predicted octanol–water partition coefficient (Wildman–Crippen LogP) is 3.09. The Morgan fingerprint density at radius 2 is 1.81 bits per heavy atom. The van der Waals surface area contributed by atoms with E-state index in [0.717, 1.165) is 18.7 Å². The lowest BCUT2D eigenvalue weighted by molar-refractivity contribution is 0.0950. The summed E-state index contributed by atoms with van der Waals surface area (Å²) in [5.41, 5.74) is 8.43. The van der Waals surface area contributed by atoms with Gasteiger partial charge in [0.25, 0.3) is 5.91 Å². The van der Waals surface area contributed by atoms with E-state index in [9.17, 15) is 9.59 Å². The van der Waals surface area contributed by atoms with Gasteiger partial charge in [0.15, 0.2) is 0 Å². The Bertz CT molecular complexity index is 819. The van der Waals surface area contributed by atoms with Gasteiger partial charge in [-0.05, 0) is 55.6 Å². The van der Waals surface area contributed by atoms with Crippen LogP contribution in [0.25, 0.3) is 0 Å². The quantitative estimate of drug-likeness (QED) is 0.826. The smallest absolute Gasteiger partial charge is 0.251 e. The molecule has 2 aromatic carbocycles. The average molecular weight is 365 g/mol.